The van der Waals surface area contributed by atoms with E-state index in [1.165, 1.54) is 0 Å². The van der Waals surface area contributed by atoms with E-state index in [9.17, 15) is 19.2 Å². The summed E-state index contributed by atoms with van der Waals surface area (Å²) in [5, 5.41) is 2.67. The van der Waals surface area contributed by atoms with Gasteiger partial charge in [-0.1, -0.05) is 47.8 Å². The molecule has 1 aliphatic carbocycles. The minimum absolute atomic E-state index is 0.0944. The molecule has 3 rings (SSSR count). The van der Waals surface area contributed by atoms with Gasteiger partial charge in [0.25, 0.3) is 5.91 Å². The molecular weight excluding hydrogens is 588 g/mol. The average Bonchev–Trinajstić information content (AvgIpc) is 2.89. The van der Waals surface area contributed by atoms with Crippen molar-refractivity contribution in [2.45, 2.75) is 36.3 Å². The molecule has 1 heterocycles. The first-order valence-electron chi connectivity index (χ1n) is 9.44. The third-order valence-corrected chi connectivity index (χ3v) is 9.36. The molecule has 1 saturated carbocycles. The number of hydrogen-bond acceptors (Lipinski definition) is 5. The van der Waals surface area contributed by atoms with E-state index in [1.807, 2.05) is 13.8 Å². The summed E-state index contributed by atoms with van der Waals surface area (Å²) in [6, 6.07) is 3.60. The van der Waals surface area contributed by atoms with E-state index in [0.29, 0.717) is 18.5 Å². The molecule has 2 fully saturated rings. The summed E-state index contributed by atoms with van der Waals surface area (Å²) in [7, 11) is 0. The Kier molecular flexibility index (Phi) is 7.40. The number of benzene rings is 1. The molecule has 0 unspecified atom stereocenters. The molecule has 1 aromatic carbocycles. The van der Waals surface area contributed by atoms with Gasteiger partial charge in [-0.25, -0.2) is 0 Å². The third kappa shape index (κ3) is 4.96. The second kappa shape index (κ2) is 9.48. The molecule has 0 radical (unpaired) electrons. The maximum atomic E-state index is 12.6. The largest absolute Gasteiger partial charge is 0.454 e. The summed E-state index contributed by atoms with van der Waals surface area (Å²) in [4.78, 5) is 50.6. The molecule has 1 aromatic rings. The first-order valence-corrected chi connectivity index (χ1v) is 12.1. The van der Waals surface area contributed by atoms with Crippen molar-refractivity contribution in [1.82, 2.24) is 4.90 Å². The highest BCUT2D eigenvalue weighted by Crippen LogP contribution is 2.43. The minimum Gasteiger partial charge on any atom is -0.454 e. The van der Waals surface area contributed by atoms with Gasteiger partial charge in [0, 0.05) is 19.8 Å². The lowest BCUT2D eigenvalue weighted by molar-refractivity contribution is -0.154. The number of nitrogens with one attached hydrogen (secondary N) is 1. The van der Waals surface area contributed by atoms with Gasteiger partial charge < -0.3 is 10.1 Å². The topological polar surface area (TPSA) is 92.8 Å². The Morgan fingerprint density at radius 1 is 1.07 bits per heavy atom. The van der Waals surface area contributed by atoms with Gasteiger partial charge in [-0.3, -0.25) is 24.1 Å². The van der Waals surface area contributed by atoms with Gasteiger partial charge in [0.1, 0.15) is 6.54 Å². The summed E-state index contributed by atoms with van der Waals surface area (Å²) < 4.78 is 5.95. The van der Waals surface area contributed by atoms with Crippen LogP contribution in [0, 0.1) is 25.7 Å². The van der Waals surface area contributed by atoms with Gasteiger partial charge in [-0.15, -0.1) is 0 Å². The number of esters is 1. The molecule has 0 spiro atoms. The average molecular weight is 609 g/mol. The summed E-state index contributed by atoms with van der Waals surface area (Å²) in [6.07, 6.45) is 1.07. The van der Waals surface area contributed by atoms with Crippen LogP contribution in [0.1, 0.15) is 24.0 Å². The number of fused-ring (bicyclic) bond motifs is 1. The number of hydrogen-bond donors (Lipinski definition) is 1. The van der Waals surface area contributed by atoms with Crippen molar-refractivity contribution in [2.75, 3.05) is 18.5 Å². The van der Waals surface area contributed by atoms with Gasteiger partial charge in [0.15, 0.2) is 6.61 Å². The normalized spacial score (nSPS) is 25.8. The van der Waals surface area contributed by atoms with Crippen LogP contribution < -0.4 is 5.32 Å². The van der Waals surface area contributed by atoms with Crippen LogP contribution in [0.15, 0.2) is 16.6 Å². The van der Waals surface area contributed by atoms with Gasteiger partial charge in [-0.2, -0.15) is 0 Å². The first kappa shape index (κ1) is 23.4. The molecule has 1 saturated heterocycles. The summed E-state index contributed by atoms with van der Waals surface area (Å²) in [6.45, 7) is 2.84. The molecule has 30 heavy (non-hydrogen) atoms. The second-order valence-corrected chi connectivity index (χ2v) is 10.8. The molecule has 0 bridgehead atoms. The number of likely N-dealkylation sites (tertiary alicyclic amines) is 1. The van der Waals surface area contributed by atoms with Crippen LogP contribution in [0.2, 0.25) is 0 Å². The zero-order valence-electron chi connectivity index (χ0n) is 16.4. The minimum atomic E-state index is -0.792. The van der Waals surface area contributed by atoms with Crippen molar-refractivity contribution in [1.29, 1.82) is 0 Å². The number of carbonyl (C=O) groups is 4. The van der Waals surface area contributed by atoms with Crippen LogP contribution >= 0.6 is 47.8 Å². The fraction of sp³-hybridized carbons (Fsp3) is 0.500. The standard InChI is InChI=1S/C20H21Br3N2O5/c1-9-3-11(4-10(2)18(9)23)24-16(26)8-30-17(27)7-25-19(28)12-5-14(21)15(22)6-13(12)20(25)29/h3-4,12-15H,5-8H2,1-2H3,(H,24,26)/t12-,13-,14-,15+/m1/s1. The summed E-state index contributed by atoms with van der Waals surface area (Å²) in [5.41, 5.74) is 2.52. The monoisotopic (exact) mass is 606 g/mol. The maximum Gasteiger partial charge on any atom is 0.326 e. The highest BCUT2D eigenvalue weighted by atomic mass is 79.9. The number of carbonyl (C=O) groups excluding carboxylic acids is 4. The van der Waals surface area contributed by atoms with E-state index in [0.717, 1.165) is 20.5 Å². The zero-order chi connectivity index (χ0) is 22.2. The molecule has 3 amide bonds. The van der Waals surface area contributed by atoms with Crippen molar-refractivity contribution in [3.63, 3.8) is 0 Å². The van der Waals surface area contributed by atoms with E-state index >= 15 is 0 Å². The van der Waals surface area contributed by atoms with E-state index in [2.05, 4.69) is 53.1 Å². The predicted molar refractivity (Wildman–Crippen MR) is 122 cm³/mol. The van der Waals surface area contributed by atoms with Crippen LogP contribution in [0.3, 0.4) is 0 Å². The number of amides is 3. The van der Waals surface area contributed by atoms with Crippen LogP contribution in [-0.2, 0) is 23.9 Å². The molecular formula is C20H21Br3N2O5. The molecule has 4 atom stereocenters. The van der Waals surface area contributed by atoms with Gasteiger partial charge in [0.2, 0.25) is 11.8 Å². The number of halogens is 3. The lowest BCUT2D eigenvalue weighted by Gasteiger charge is -2.29. The lowest BCUT2D eigenvalue weighted by atomic mass is 9.81. The van der Waals surface area contributed by atoms with Crippen LogP contribution in [0.4, 0.5) is 5.69 Å². The van der Waals surface area contributed by atoms with Crippen LogP contribution in [0.25, 0.3) is 0 Å². The zero-order valence-corrected chi connectivity index (χ0v) is 21.2. The number of ether oxygens (including phenoxy) is 1. The Morgan fingerprint density at radius 2 is 1.57 bits per heavy atom. The fourth-order valence-corrected chi connectivity index (χ4v) is 5.32. The quantitative estimate of drug-likeness (QED) is 0.314. The SMILES string of the molecule is Cc1cc(NC(=O)COC(=O)CN2C(=O)[C@@H]3C[C@@H](Br)[C@@H](Br)C[C@H]3C2=O)cc(C)c1Br. The van der Waals surface area contributed by atoms with E-state index in [1.54, 1.807) is 12.1 Å². The highest BCUT2D eigenvalue weighted by Gasteiger charge is 2.52. The smallest absolute Gasteiger partial charge is 0.326 e. The molecule has 10 heteroatoms. The Balaban J connectivity index is 1.53. The Hall–Kier alpha value is -1.26. The first-order chi connectivity index (χ1) is 14.1. The third-order valence-electron chi connectivity index (χ3n) is 5.37. The van der Waals surface area contributed by atoms with Gasteiger partial charge >= 0.3 is 5.97 Å². The summed E-state index contributed by atoms with van der Waals surface area (Å²) in [5.74, 6) is -2.83. The Bertz CT molecular complexity index is 855. The van der Waals surface area contributed by atoms with Crippen molar-refractivity contribution in [2.24, 2.45) is 11.8 Å². The summed E-state index contributed by atoms with van der Waals surface area (Å²) >= 11 is 10.5. The van der Waals surface area contributed by atoms with Crippen molar-refractivity contribution >= 4 is 77.2 Å². The number of anilines is 1. The fourth-order valence-electron chi connectivity index (χ4n) is 3.86. The van der Waals surface area contributed by atoms with Crippen LogP contribution in [-0.4, -0.2) is 51.4 Å². The number of rotatable bonds is 5. The van der Waals surface area contributed by atoms with E-state index in [4.69, 9.17) is 4.74 Å². The maximum absolute atomic E-state index is 12.6. The predicted octanol–water partition coefficient (Wildman–Crippen LogP) is 3.47. The van der Waals surface area contributed by atoms with Crippen molar-refractivity contribution < 1.29 is 23.9 Å². The Labute approximate surface area is 199 Å². The molecule has 7 nitrogen and oxygen atoms in total. The lowest BCUT2D eigenvalue weighted by Crippen LogP contribution is -2.37. The number of imide groups is 1. The van der Waals surface area contributed by atoms with Crippen molar-refractivity contribution in [3.05, 3.63) is 27.7 Å². The molecule has 2 aliphatic rings. The van der Waals surface area contributed by atoms with Gasteiger partial charge in [-0.05, 0) is 49.9 Å². The van der Waals surface area contributed by atoms with Crippen molar-refractivity contribution in [3.8, 4) is 0 Å². The van der Waals surface area contributed by atoms with Gasteiger partial charge in [0.05, 0.1) is 11.8 Å². The second-order valence-electron chi connectivity index (χ2n) is 7.61. The number of alkyl halides is 2. The molecule has 1 aliphatic heterocycles. The van der Waals surface area contributed by atoms with E-state index in [-0.39, 0.29) is 21.5 Å². The number of nitrogens with zero attached hydrogens (tertiary/aromatic N) is 1. The highest BCUT2D eigenvalue weighted by molar-refractivity contribution is 9.12. The molecule has 1 N–H and O–H groups in total. The molecule has 162 valence electrons. The van der Waals surface area contributed by atoms with E-state index < -0.39 is 36.9 Å². The molecule has 0 aromatic heterocycles. The number of aryl methyl sites for hydroxylation is 2. The van der Waals surface area contributed by atoms with Crippen LogP contribution in [0.5, 0.6) is 0 Å². The Morgan fingerprint density at radius 3 is 2.07 bits per heavy atom.